The van der Waals surface area contributed by atoms with Crippen LogP contribution in [0.2, 0.25) is 5.02 Å². The summed E-state index contributed by atoms with van der Waals surface area (Å²) in [5, 5.41) is 3.84. The Hall–Kier alpha value is -1.37. The molecule has 0 radical (unpaired) electrons. The van der Waals surface area contributed by atoms with Crippen LogP contribution in [0.3, 0.4) is 0 Å². The summed E-state index contributed by atoms with van der Waals surface area (Å²) in [5.41, 5.74) is 1.04. The minimum atomic E-state index is 0.0826. The largest absolute Gasteiger partial charge is 0.454 e. The predicted octanol–water partition coefficient (Wildman–Crippen LogP) is 2.57. The molecule has 1 atom stereocenters. The van der Waals surface area contributed by atoms with Gasteiger partial charge in [0.25, 0.3) is 0 Å². The maximum Gasteiger partial charge on any atom is 0.231 e. The number of halogens is 1. The third-order valence-electron chi connectivity index (χ3n) is 2.65. The van der Waals surface area contributed by atoms with Crippen molar-refractivity contribution in [2.45, 2.75) is 25.9 Å². The van der Waals surface area contributed by atoms with Gasteiger partial charge in [-0.1, -0.05) is 24.4 Å². The molecule has 1 aliphatic heterocycles. The van der Waals surface area contributed by atoms with Crippen molar-refractivity contribution >= 4 is 11.6 Å². The summed E-state index contributed by atoms with van der Waals surface area (Å²) >= 11 is 6.08. The minimum absolute atomic E-state index is 0.0826. The molecule has 4 heteroatoms. The molecule has 3 nitrogen and oxygen atoms in total. The van der Waals surface area contributed by atoms with Crippen molar-refractivity contribution in [3.8, 4) is 23.8 Å². The quantitative estimate of drug-likeness (QED) is 0.835. The fraction of sp³-hybridized carbons (Fsp3) is 0.385. The van der Waals surface area contributed by atoms with Gasteiger partial charge >= 0.3 is 0 Å². The minimum Gasteiger partial charge on any atom is -0.454 e. The Labute approximate surface area is 106 Å². The molecule has 0 bridgehead atoms. The molecule has 1 unspecified atom stereocenters. The van der Waals surface area contributed by atoms with Gasteiger partial charge < -0.3 is 9.47 Å². The van der Waals surface area contributed by atoms with Crippen LogP contribution < -0.4 is 14.8 Å². The number of fused-ring (bicyclic) bond motifs is 1. The van der Waals surface area contributed by atoms with E-state index in [0.29, 0.717) is 23.1 Å². The van der Waals surface area contributed by atoms with E-state index in [1.54, 1.807) is 0 Å². The summed E-state index contributed by atoms with van der Waals surface area (Å²) in [7, 11) is 0. The molecule has 0 amide bonds. The second-order valence-corrected chi connectivity index (χ2v) is 4.23. The number of benzene rings is 1. The van der Waals surface area contributed by atoms with E-state index in [4.69, 9.17) is 27.5 Å². The highest BCUT2D eigenvalue weighted by Gasteiger charge is 2.18. The maximum absolute atomic E-state index is 6.08. The lowest BCUT2D eigenvalue weighted by atomic mass is 10.1. The fourth-order valence-electron chi connectivity index (χ4n) is 1.68. The molecule has 0 aromatic heterocycles. The van der Waals surface area contributed by atoms with Crippen molar-refractivity contribution in [3.05, 3.63) is 22.7 Å². The topological polar surface area (TPSA) is 30.5 Å². The summed E-state index contributed by atoms with van der Waals surface area (Å²) in [6.45, 7) is 2.94. The van der Waals surface area contributed by atoms with E-state index in [0.717, 1.165) is 12.0 Å². The van der Waals surface area contributed by atoms with Gasteiger partial charge in [0.05, 0.1) is 11.1 Å². The number of rotatable bonds is 4. The van der Waals surface area contributed by atoms with Crippen LogP contribution in [0.15, 0.2) is 12.1 Å². The zero-order chi connectivity index (χ0) is 12.3. The zero-order valence-electron chi connectivity index (χ0n) is 9.63. The highest BCUT2D eigenvalue weighted by molar-refractivity contribution is 6.32. The first-order chi connectivity index (χ1) is 8.24. The highest BCUT2D eigenvalue weighted by Crippen LogP contribution is 2.39. The summed E-state index contributed by atoms with van der Waals surface area (Å²) in [4.78, 5) is 0. The molecule has 17 heavy (non-hydrogen) atoms. The lowest BCUT2D eigenvalue weighted by Gasteiger charge is -2.11. The van der Waals surface area contributed by atoms with Crippen LogP contribution >= 0.6 is 11.6 Å². The predicted molar refractivity (Wildman–Crippen MR) is 67.3 cm³/mol. The molecular weight excluding hydrogens is 238 g/mol. The van der Waals surface area contributed by atoms with E-state index >= 15 is 0 Å². The van der Waals surface area contributed by atoms with Crippen LogP contribution in [0.25, 0.3) is 0 Å². The van der Waals surface area contributed by atoms with E-state index in [9.17, 15) is 0 Å². The van der Waals surface area contributed by atoms with Crippen molar-refractivity contribution in [1.29, 1.82) is 0 Å². The molecule has 0 spiro atoms. The van der Waals surface area contributed by atoms with E-state index in [2.05, 4.69) is 11.2 Å². The Morgan fingerprint density at radius 2 is 2.35 bits per heavy atom. The number of nitrogens with one attached hydrogen (secondary N) is 1. The van der Waals surface area contributed by atoms with Gasteiger partial charge in [-0.25, -0.2) is 0 Å². The number of terminal acetylenes is 1. The van der Waals surface area contributed by atoms with Crippen LogP contribution in [0.1, 0.15) is 18.9 Å². The van der Waals surface area contributed by atoms with Gasteiger partial charge in [-0.15, -0.1) is 6.42 Å². The number of hydrogen-bond acceptors (Lipinski definition) is 3. The summed E-state index contributed by atoms with van der Waals surface area (Å²) < 4.78 is 10.5. The third-order valence-corrected chi connectivity index (χ3v) is 2.93. The Balaban J connectivity index is 2.08. The Morgan fingerprint density at radius 1 is 1.53 bits per heavy atom. The van der Waals surface area contributed by atoms with Crippen molar-refractivity contribution in [2.24, 2.45) is 0 Å². The Morgan fingerprint density at radius 3 is 3.06 bits per heavy atom. The van der Waals surface area contributed by atoms with E-state index in [-0.39, 0.29) is 12.8 Å². The average Bonchev–Trinajstić information content (AvgIpc) is 2.79. The average molecular weight is 252 g/mol. The second-order valence-electron chi connectivity index (χ2n) is 3.82. The van der Waals surface area contributed by atoms with Crippen LogP contribution in [-0.4, -0.2) is 12.8 Å². The fourth-order valence-corrected chi connectivity index (χ4v) is 1.97. The molecule has 1 N–H and O–H groups in total. The number of ether oxygens (including phenoxy) is 2. The molecule has 0 aliphatic carbocycles. The molecule has 0 saturated heterocycles. The van der Waals surface area contributed by atoms with E-state index in [1.807, 2.05) is 19.1 Å². The normalized spacial score (nSPS) is 14.4. The summed E-state index contributed by atoms with van der Waals surface area (Å²) in [5.74, 6) is 4.01. The Bertz CT molecular complexity index is 453. The monoisotopic (exact) mass is 251 g/mol. The van der Waals surface area contributed by atoms with Crippen molar-refractivity contribution in [2.75, 3.05) is 6.79 Å². The molecular formula is C13H14ClNO2. The lowest BCUT2D eigenvalue weighted by Crippen LogP contribution is -2.26. The lowest BCUT2D eigenvalue weighted by molar-refractivity contribution is 0.174. The smallest absolute Gasteiger partial charge is 0.231 e. The second kappa shape index (κ2) is 5.31. The van der Waals surface area contributed by atoms with Gasteiger partial charge in [0.2, 0.25) is 6.79 Å². The van der Waals surface area contributed by atoms with Gasteiger partial charge in [-0.05, 0) is 24.1 Å². The highest BCUT2D eigenvalue weighted by atomic mass is 35.5. The molecule has 90 valence electrons. The molecule has 2 rings (SSSR count). The molecule has 0 fully saturated rings. The maximum atomic E-state index is 6.08. The van der Waals surface area contributed by atoms with Gasteiger partial charge in [-0.2, -0.15) is 0 Å². The van der Waals surface area contributed by atoms with Crippen molar-refractivity contribution in [3.63, 3.8) is 0 Å². The molecule has 1 aromatic rings. The van der Waals surface area contributed by atoms with Gasteiger partial charge in [-0.3, -0.25) is 5.32 Å². The van der Waals surface area contributed by atoms with Gasteiger partial charge in [0.15, 0.2) is 11.5 Å². The zero-order valence-corrected chi connectivity index (χ0v) is 10.4. The third kappa shape index (κ3) is 2.66. The standard InChI is InChI=1S/C13H14ClNO2/c1-3-10(4-2)15-7-9-5-11(14)13-12(6-9)16-8-17-13/h1,5-6,10,15H,4,7-8H2,2H3. The van der Waals surface area contributed by atoms with Crippen molar-refractivity contribution < 1.29 is 9.47 Å². The molecule has 1 heterocycles. The van der Waals surface area contributed by atoms with E-state index < -0.39 is 0 Å². The molecule has 0 saturated carbocycles. The van der Waals surface area contributed by atoms with Crippen LogP contribution in [0.5, 0.6) is 11.5 Å². The first-order valence-electron chi connectivity index (χ1n) is 5.52. The molecule has 1 aromatic carbocycles. The van der Waals surface area contributed by atoms with Crippen LogP contribution in [-0.2, 0) is 6.54 Å². The van der Waals surface area contributed by atoms with Gasteiger partial charge in [0.1, 0.15) is 0 Å². The van der Waals surface area contributed by atoms with E-state index in [1.165, 1.54) is 0 Å². The number of hydrogen-bond donors (Lipinski definition) is 1. The first-order valence-corrected chi connectivity index (χ1v) is 5.90. The SMILES string of the molecule is C#CC(CC)NCc1cc(Cl)c2c(c1)OCO2. The first kappa shape index (κ1) is 12.1. The molecule has 1 aliphatic rings. The van der Waals surface area contributed by atoms with Crippen LogP contribution in [0, 0.1) is 12.3 Å². The Kier molecular flexibility index (Phi) is 3.78. The van der Waals surface area contributed by atoms with Crippen molar-refractivity contribution in [1.82, 2.24) is 5.32 Å². The van der Waals surface area contributed by atoms with Gasteiger partial charge in [0, 0.05) is 6.54 Å². The van der Waals surface area contributed by atoms with Crippen LogP contribution in [0.4, 0.5) is 0 Å². The summed E-state index contributed by atoms with van der Waals surface area (Å²) in [6, 6.07) is 3.87. The summed E-state index contributed by atoms with van der Waals surface area (Å²) in [6.07, 6.45) is 6.28.